The van der Waals surface area contributed by atoms with Gasteiger partial charge in [-0.3, -0.25) is 4.79 Å². The summed E-state index contributed by atoms with van der Waals surface area (Å²) in [6, 6.07) is 5.86. The number of nitrogens with two attached hydrogens (primary N) is 1. The summed E-state index contributed by atoms with van der Waals surface area (Å²) < 4.78 is 36.9. The average Bonchev–Trinajstić information content (AvgIpc) is 2.26. The molecule has 0 radical (unpaired) electrons. The number of rotatable bonds is 4. The Morgan fingerprint density at radius 3 is 2.44 bits per heavy atom. The van der Waals surface area contributed by atoms with Crippen LogP contribution >= 0.6 is 0 Å². The third-order valence-corrected chi connectivity index (χ3v) is 2.22. The summed E-state index contributed by atoms with van der Waals surface area (Å²) in [7, 11) is 0. The predicted octanol–water partition coefficient (Wildman–Crippen LogP) is 1.27. The fourth-order valence-electron chi connectivity index (χ4n) is 1.45. The molecule has 0 atom stereocenters. The molecule has 0 aliphatic carbocycles. The molecule has 0 fully saturated rings. The summed E-state index contributed by atoms with van der Waals surface area (Å²) in [6.07, 6.45) is -4.52. The van der Waals surface area contributed by atoms with Crippen molar-refractivity contribution in [2.24, 2.45) is 0 Å². The molecule has 0 heterocycles. The lowest BCUT2D eigenvalue weighted by molar-refractivity contribution is -0.141. The van der Waals surface area contributed by atoms with Crippen LogP contribution in [0.1, 0.15) is 10.4 Å². The maximum absolute atomic E-state index is 12.3. The Hall–Kier alpha value is -1.76. The van der Waals surface area contributed by atoms with Gasteiger partial charge < -0.3 is 15.7 Å². The van der Waals surface area contributed by atoms with Crippen LogP contribution in [0.4, 0.5) is 18.9 Å². The minimum atomic E-state index is -4.52. The first-order chi connectivity index (χ1) is 8.35. The molecule has 0 spiro atoms. The Morgan fingerprint density at radius 2 is 1.94 bits per heavy atom. The number of nitrogen functional groups attached to an aromatic ring is 1. The summed E-state index contributed by atoms with van der Waals surface area (Å²) in [5.74, 6) is -0.848. The van der Waals surface area contributed by atoms with Crippen molar-refractivity contribution >= 4 is 11.6 Å². The van der Waals surface area contributed by atoms with Crippen molar-refractivity contribution in [1.82, 2.24) is 4.90 Å². The second-order valence-electron chi connectivity index (χ2n) is 3.65. The zero-order valence-electron chi connectivity index (χ0n) is 9.44. The molecule has 1 aromatic rings. The largest absolute Gasteiger partial charge is 0.406 e. The Balaban J connectivity index is 2.93. The van der Waals surface area contributed by atoms with Gasteiger partial charge in [-0.25, -0.2) is 0 Å². The molecule has 0 aliphatic heterocycles. The van der Waals surface area contributed by atoms with E-state index < -0.39 is 31.8 Å². The zero-order chi connectivity index (χ0) is 13.8. The lowest BCUT2D eigenvalue weighted by Crippen LogP contribution is -2.40. The number of hydrogen-bond acceptors (Lipinski definition) is 3. The summed E-state index contributed by atoms with van der Waals surface area (Å²) in [5, 5.41) is 8.71. The Bertz CT molecular complexity index is 421. The highest BCUT2D eigenvalue weighted by atomic mass is 19.4. The van der Waals surface area contributed by atoms with Gasteiger partial charge >= 0.3 is 6.18 Å². The zero-order valence-corrected chi connectivity index (χ0v) is 9.44. The van der Waals surface area contributed by atoms with Crippen LogP contribution in [0.2, 0.25) is 0 Å². The topological polar surface area (TPSA) is 66.6 Å². The molecule has 3 N–H and O–H groups in total. The van der Waals surface area contributed by atoms with Crippen molar-refractivity contribution in [3.8, 4) is 0 Å². The molecule has 0 saturated carbocycles. The first-order valence-corrected chi connectivity index (χ1v) is 5.16. The van der Waals surface area contributed by atoms with Gasteiger partial charge in [-0.2, -0.15) is 13.2 Å². The molecule has 1 rings (SSSR count). The number of anilines is 1. The van der Waals surface area contributed by atoms with Crippen LogP contribution in [-0.2, 0) is 0 Å². The quantitative estimate of drug-likeness (QED) is 0.803. The highest BCUT2D eigenvalue weighted by Crippen LogP contribution is 2.19. The third kappa shape index (κ3) is 3.92. The first-order valence-electron chi connectivity index (χ1n) is 5.16. The van der Waals surface area contributed by atoms with Crippen LogP contribution in [0.3, 0.4) is 0 Å². The van der Waals surface area contributed by atoms with Gasteiger partial charge in [0.15, 0.2) is 0 Å². The molecule has 1 aromatic carbocycles. The van der Waals surface area contributed by atoms with E-state index in [1.165, 1.54) is 18.2 Å². The van der Waals surface area contributed by atoms with Crippen molar-refractivity contribution in [1.29, 1.82) is 0 Å². The second kappa shape index (κ2) is 5.72. The molecule has 0 aromatic heterocycles. The van der Waals surface area contributed by atoms with E-state index in [1.54, 1.807) is 6.07 Å². The fraction of sp³-hybridized carbons (Fsp3) is 0.364. The van der Waals surface area contributed by atoms with Crippen LogP contribution in [0.5, 0.6) is 0 Å². The molecular weight excluding hydrogens is 249 g/mol. The van der Waals surface area contributed by atoms with Crippen molar-refractivity contribution in [3.05, 3.63) is 29.8 Å². The predicted molar refractivity (Wildman–Crippen MR) is 59.9 cm³/mol. The summed E-state index contributed by atoms with van der Waals surface area (Å²) in [4.78, 5) is 12.4. The SMILES string of the molecule is Nc1ccccc1C(=O)N(CCO)CC(F)(F)F. The van der Waals surface area contributed by atoms with Gasteiger partial charge in [0.1, 0.15) is 6.54 Å². The molecular formula is C11H13F3N2O2. The van der Waals surface area contributed by atoms with Gasteiger partial charge in [-0.1, -0.05) is 12.1 Å². The van der Waals surface area contributed by atoms with Crippen molar-refractivity contribution < 1.29 is 23.1 Å². The van der Waals surface area contributed by atoms with E-state index in [-0.39, 0.29) is 11.3 Å². The molecule has 0 unspecified atom stereocenters. The normalized spacial score (nSPS) is 11.3. The number of aliphatic hydroxyl groups is 1. The number of halogens is 3. The summed E-state index contributed by atoms with van der Waals surface area (Å²) in [5.41, 5.74) is 5.63. The van der Waals surface area contributed by atoms with Crippen LogP contribution in [0.15, 0.2) is 24.3 Å². The van der Waals surface area contributed by atoms with E-state index in [0.29, 0.717) is 4.90 Å². The number of benzene rings is 1. The molecule has 0 bridgehead atoms. The lowest BCUT2D eigenvalue weighted by atomic mass is 10.1. The van der Waals surface area contributed by atoms with Crippen LogP contribution in [0.25, 0.3) is 0 Å². The fourth-order valence-corrected chi connectivity index (χ4v) is 1.45. The Labute approximate surface area is 102 Å². The highest BCUT2D eigenvalue weighted by Gasteiger charge is 2.33. The van der Waals surface area contributed by atoms with Gasteiger partial charge in [0.2, 0.25) is 0 Å². The van der Waals surface area contributed by atoms with Crippen LogP contribution in [0, 0.1) is 0 Å². The minimum Gasteiger partial charge on any atom is -0.398 e. The monoisotopic (exact) mass is 262 g/mol. The molecule has 4 nitrogen and oxygen atoms in total. The maximum atomic E-state index is 12.3. The van der Waals surface area contributed by atoms with Crippen molar-refractivity contribution in [2.45, 2.75) is 6.18 Å². The number of nitrogens with zero attached hydrogens (tertiary/aromatic N) is 1. The molecule has 100 valence electrons. The Kier molecular flexibility index (Phi) is 4.55. The molecule has 7 heteroatoms. The maximum Gasteiger partial charge on any atom is 0.406 e. The number of amides is 1. The number of para-hydroxylation sites is 1. The minimum absolute atomic E-state index is 0.00444. The van der Waals surface area contributed by atoms with Crippen LogP contribution in [-0.4, -0.2) is 41.8 Å². The van der Waals surface area contributed by atoms with E-state index >= 15 is 0 Å². The smallest absolute Gasteiger partial charge is 0.398 e. The third-order valence-electron chi connectivity index (χ3n) is 2.22. The summed E-state index contributed by atoms with van der Waals surface area (Å²) >= 11 is 0. The first kappa shape index (κ1) is 14.3. The molecule has 1 amide bonds. The lowest BCUT2D eigenvalue weighted by Gasteiger charge is -2.23. The highest BCUT2D eigenvalue weighted by molar-refractivity contribution is 5.99. The van der Waals surface area contributed by atoms with Crippen LogP contribution < -0.4 is 5.73 Å². The number of aliphatic hydroxyl groups excluding tert-OH is 1. The van der Waals surface area contributed by atoms with Gasteiger partial charge in [0, 0.05) is 12.2 Å². The van der Waals surface area contributed by atoms with E-state index in [9.17, 15) is 18.0 Å². The number of hydrogen-bond donors (Lipinski definition) is 2. The molecule has 0 aliphatic rings. The summed E-state index contributed by atoms with van der Waals surface area (Å²) in [6.45, 7) is -2.36. The number of carbonyl (C=O) groups is 1. The molecule has 18 heavy (non-hydrogen) atoms. The van der Waals surface area contributed by atoms with Gasteiger partial charge in [-0.15, -0.1) is 0 Å². The van der Waals surface area contributed by atoms with Crippen molar-refractivity contribution in [3.63, 3.8) is 0 Å². The van der Waals surface area contributed by atoms with E-state index in [0.717, 1.165) is 0 Å². The van der Waals surface area contributed by atoms with Gasteiger partial charge in [-0.05, 0) is 12.1 Å². The number of alkyl halides is 3. The molecule has 0 saturated heterocycles. The standard InChI is InChI=1S/C11H13F3N2O2/c12-11(13,14)7-16(5-6-17)10(18)8-3-1-2-4-9(8)15/h1-4,17H,5-7,15H2. The second-order valence-corrected chi connectivity index (χ2v) is 3.65. The van der Waals surface area contributed by atoms with Gasteiger partial charge in [0.05, 0.1) is 12.2 Å². The van der Waals surface area contributed by atoms with E-state index in [1.807, 2.05) is 0 Å². The Morgan fingerprint density at radius 1 is 1.33 bits per heavy atom. The van der Waals surface area contributed by atoms with Gasteiger partial charge in [0.25, 0.3) is 5.91 Å². The van der Waals surface area contributed by atoms with Crippen molar-refractivity contribution in [2.75, 3.05) is 25.4 Å². The number of carbonyl (C=O) groups excluding carboxylic acids is 1. The average molecular weight is 262 g/mol. The van der Waals surface area contributed by atoms with E-state index in [2.05, 4.69) is 0 Å². The van der Waals surface area contributed by atoms with E-state index in [4.69, 9.17) is 10.8 Å².